The van der Waals surface area contributed by atoms with E-state index in [1.807, 2.05) is 6.92 Å². The first-order valence-corrected chi connectivity index (χ1v) is 12.9. The van der Waals surface area contributed by atoms with Crippen LogP contribution < -0.4 is 9.62 Å². The van der Waals surface area contributed by atoms with Gasteiger partial charge in [0.15, 0.2) is 0 Å². The van der Waals surface area contributed by atoms with Crippen molar-refractivity contribution in [3.8, 4) is 0 Å². The van der Waals surface area contributed by atoms with Gasteiger partial charge in [-0.15, -0.1) is 0 Å². The van der Waals surface area contributed by atoms with E-state index in [9.17, 15) is 32.5 Å². The summed E-state index contributed by atoms with van der Waals surface area (Å²) in [6.07, 6.45) is 1.82. The summed E-state index contributed by atoms with van der Waals surface area (Å²) in [6.45, 7) is 3.25. The lowest BCUT2D eigenvalue weighted by atomic mass is 10.1. The summed E-state index contributed by atoms with van der Waals surface area (Å²) in [5, 5.41) is 13.9. The van der Waals surface area contributed by atoms with Gasteiger partial charge < -0.3 is 10.2 Å². The summed E-state index contributed by atoms with van der Waals surface area (Å²) < 4.78 is 39.2. The van der Waals surface area contributed by atoms with Crippen LogP contribution in [0.2, 0.25) is 0 Å². The third kappa shape index (κ3) is 7.74. The maximum Gasteiger partial charge on any atom is 0.271 e. The number of amides is 2. The Hall–Kier alpha value is -3.54. The molecule has 0 radical (unpaired) electrons. The number of nitro benzene ring substituents is 1. The Bertz CT molecular complexity index is 1160. The number of halogens is 1. The predicted molar refractivity (Wildman–Crippen MR) is 130 cm³/mol. The lowest BCUT2D eigenvalue weighted by Crippen LogP contribution is -2.52. The molecule has 0 saturated carbocycles. The number of nitro groups is 1. The van der Waals surface area contributed by atoms with E-state index in [0.29, 0.717) is 18.5 Å². The first kappa shape index (κ1) is 27.7. The quantitative estimate of drug-likeness (QED) is 0.347. The van der Waals surface area contributed by atoms with Crippen molar-refractivity contribution < 1.29 is 27.3 Å². The molecule has 35 heavy (non-hydrogen) atoms. The van der Waals surface area contributed by atoms with Crippen molar-refractivity contribution in [1.29, 1.82) is 0 Å². The Morgan fingerprint density at radius 2 is 1.80 bits per heavy atom. The van der Waals surface area contributed by atoms with Gasteiger partial charge in [0.2, 0.25) is 21.8 Å². The molecule has 0 unspecified atom stereocenters. The number of hydrogen-bond donors (Lipinski definition) is 1. The minimum Gasteiger partial charge on any atom is -0.354 e. The monoisotopic (exact) mass is 508 g/mol. The van der Waals surface area contributed by atoms with Crippen molar-refractivity contribution in [2.24, 2.45) is 0 Å². The van der Waals surface area contributed by atoms with Gasteiger partial charge in [-0.05, 0) is 36.6 Å². The fourth-order valence-electron chi connectivity index (χ4n) is 3.45. The number of anilines is 1. The fraction of sp³-hybridized carbons (Fsp3) is 0.391. The molecule has 0 aliphatic heterocycles. The lowest BCUT2D eigenvalue weighted by Gasteiger charge is -2.32. The van der Waals surface area contributed by atoms with Crippen LogP contribution in [0.1, 0.15) is 32.3 Å². The lowest BCUT2D eigenvalue weighted by molar-refractivity contribution is -0.384. The Morgan fingerprint density at radius 1 is 1.14 bits per heavy atom. The van der Waals surface area contributed by atoms with Gasteiger partial charge in [0.05, 0.1) is 16.9 Å². The number of nitrogens with one attached hydrogen (secondary N) is 1. The van der Waals surface area contributed by atoms with Gasteiger partial charge in [-0.2, -0.15) is 0 Å². The smallest absolute Gasteiger partial charge is 0.271 e. The molecule has 1 atom stereocenters. The zero-order chi connectivity index (χ0) is 26.2. The third-order valence-corrected chi connectivity index (χ3v) is 6.35. The number of hydrogen-bond acceptors (Lipinski definition) is 6. The summed E-state index contributed by atoms with van der Waals surface area (Å²) >= 11 is 0. The minimum absolute atomic E-state index is 0.0553. The molecule has 12 heteroatoms. The van der Waals surface area contributed by atoms with Crippen molar-refractivity contribution in [3.63, 3.8) is 0 Å². The highest BCUT2D eigenvalue weighted by Crippen LogP contribution is 2.24. The van der Waals surface area contributed by atoms with Gasteiger partial charge in [0, 0.05) is 25.2 Å². The van der Waals surface area contributed by atoms with E-state index in [4.69, 9.17) is 0 Å². The summed E-state index contributed by atoms with van der Waals surface area (Å²) in [7, 11) is -4.02. The van der Waals surface area contributed by atoms with E-state index in [-0.39, 0.29) is 24.3 Å². The van der Waals surface area contributed by atoms with Crippen LogP contribution in [0.5, 0.6) is 0 Å². The third-order valence-electron chi connectivity index (χ3n) is 5.21. The van der Waals surface area contributed by atoms with Crippen LogP contribution in [-0.4, -0.2) is 55.4 Å². The number of non-ortho nitro benzene ring substituents is 1. The molecule has 2 aromatic carbocycles. The van der Waals surface area contributed by atoms with Crippen LogP contribution in [-0.2, 0) is 26.2 Å². The molecule has 0 saturated heterocycles. The van der Waals surface area contributed by atoms with Gasteiger partial charge in [0.25, 0.3) is 5.69 Å². The maximum absolute atomic E-state index is 13.5. The fourth-order valence-corrected chi connectivity index (χ4v) is 4.29. The van der Waals surface area contributed by atoms with Gasteiger partial charge in [-0.1, -0.05) is 32.0 Å². The standard InChI is InChI=1S/C23H29FN4O6S/c1-4-13-25-23(30)21(5-2)26(15-17-9-11-18(24)12-10-17)22(29)16-27(35(3,33)34)19-7-6-8-20(14-19)28(31)32/h6-12,14,21H,4-5,13,15-16H2,1-3H3,(H,25,30)/t21-/m1/s1. The van der Waals surface area contributed by atoms with E-state index < -0.39 is 45.2 Å². The molecule has 2 amide bonds. The molecular formula is C23H29FN4O6S. The van der Waals surface area contributed by atoms with E-state index in [2.05, 4.69) is 5.32 Å². The van der Waals surface area contributed by atoms with Crippen molar-refractivity contribution in [1.82, 2.24) is 10.2 Å². The minimum atomic E-state index is -4.02. The van der Waals surface area contributed by atoms with Crippen molar-refractivity contribution in [2.75, 3.05) is 23.7 Å². The molecular weight excluding hydrogens is 479 g/mol. The predicted octanol–water partition coefficient (Wildman–Crippen LogP) is 2.83. The van der Waals surface area contributed by atoms with Crippen LogP contribution in [0.3, 0.4) is 0 Å². The molecule has 0 aliphatic carbocycles. The van der Waals surface area contributed by atoms with Crippen molar-refractivity contribution in [2.45, 2.75) is 39.3 Å². The number of sulfonamides is 1. The summed E-state index contributed by atoms with van der Waals surface area (Å²) in [5.41, 5.74) is 0.153. The van der Waals surface area contributed by atoms with Gasteiger partial charge in [-0.25, -0.2) is 12.8 Å². The molecule has 2 aromatic rings. The molecule has 2 rings (SSSR count). The molecule has 0 aliphatic rings. The Morgan fingerprint density at radius 3 is 2.34 bits per heavy atom. The van der Waals surface area contributed by atoms with E-state index in [0.717, 1.165) is 16.6 Å². The average molecular weight is 509 g/mol. The highest BCUT2D eigenvalue weighted by Gasteiger charge is 2.32. The molecule has 0 bridgehead atoms. The van der Waals surface area contributed by atoms with Crippen LogP contribution in [0.15, 0.2) is 48.5 Å². The van der Waals surface area contributed by atoms with Crippen LogP contribution in [0, 0.1) is 15.9 Å². The Balaban J connectivity index is 2.45. The van der Waals surface area contributed by atoms with Crippen LogP contribution >= 0.6 is 0 Å². The number of benzene rings is 2. The molecule has 0 fully saturated rings. The van der Waals surface area contributed by atoms with Gasteiger partial charge in [0.1, 0.15) is 18.4 Å². The average Bonchev–Trinajstić information content (AvgIpc) is 2.81. The van der Waals surface area contributed by atoms with Crippen molar-refractivity contribution >= 4 is 33.2 Å². The van der Waals surface area contributed by atoms with E-state index in [1.165, 1.54) is 47.4 Å². The SMILES string of the molecule is CCCNC(=O)[C@@H](CC)N(Cc1ccc(F)cc1)C(=O)CN(c1cccc([N+](=O)[O-])c1)S(C)(=O)=O. The van der Waals surface area contributed by atoms with Crippen molar-refractivity contribution in [3.05, 3.63) is 70.0 Å². The Labute approximate surface area is 203 Å². The molecule has 1 N–H and O–H groups in total. The first-order valence-electron chi connectivity index (χ1n) is 11.0. The second kappa shape index (κ2) is 12.2. The largest absolute Gasteiger partial charge is 0.354 e. The molecule has 0 heterocycles. The topological polar surface area (TPSA) is 130 Å². The molecule has 190 valence electrons. The highest BCUT2D eigenvalue weighted by atomic mass is 32.2. The van der Waals surface area contributed by atoms with E-state index in [1.54, 1.807) is 6.92 Å². The molecule has 0 aromatic heterocycles. The zero-order valence-electron chi connectivity index (χ0n) is 19.8. The normalized spacial score (nSPS) is 12.0. The van der Waals surface area contributed by atoms with Crippen LogP contribution in [0.4, 0.5) is 15.8 Å². The number of nitrogens with zero attached hydrogens (tertiary/aromatic N) is 3. The highest BCUT2D eigenvalue weighted by molar-refractivity contribution is 7.92. The molecule has 10 nitrogen and oxygen atoms in total. The summed E-state index contributed by atoms with van der Waals surface area (Å²) in [6, 6.07) is 9.41. The van der Waals surface area contributed by atoms with Gasteiger partial charge >= 0.3 is 0 Å². The summed E-state index contributed by atoms with van der Waals surface area (Å²) in [4.78, 5) is 38.0. The Kier molecular flexibility index (Phi) is 9.69. The number of carbonyl (C=O) groups is 2. The zero-order valence-corrected chi connectivity index (χ0v) is 20.6. The second-order valence-corrected chi connectivity index (χ2v) is 9.82. The number of rotatable bonds is 12. The molecule has 0 spiro atoms. The maximum atomic E-state index is 13.5. The van der Waals surface area contributed by atoms with Gasteiger partial charge in [-0.3, -0.25) is 24.0 Å². The summed E-state index contributed by atoms with van der Waals surface area (Å²) in [5.74, 6) is -1.55. The first-order chi connectivity index (χ1) is 16.5. The van der Waals surface area contributed by atoms with E-state index >= 15 is 0 Å². The number of carbonyl (C=O) groups excluding carboxylic acids is 2. The van der Waals surface area contributed by atoms with Crippen LogP contribution in [0.25, 0.3) is 0 Å². The second-order valence-electron chi connectivity index (χ2n) is 7.91.